The Morgan fingerprint density at radius 1 is 1.30 bits per heavy atom. The monoisotopic (exact) mass is 335 g/mol. The normalized spacial score (nSPS) is 17.7. The van der Waals surface area contributed by atoms with E-state index in [1.165, 1.54) is 5.56 Å². The van der Waals surface area contributed by atoms with E-state index in [0.29, 0.717) is 13.2 Å². The minimum atomic E-state index is -1.75. The van der Waals surface area contributed by atoms with E-state index in [0.717, 1.165) is 18.4 Å². The second-order valence-electron chi connectivity index (χ2n) is 7.67. The van der Waals surface area contributed by atoms with E-state index in [4.69, 9.17) is 9.16 Å². The molecule has 1 atom stereocenters. The second kappa shape index (κ2) is 7.05. The Morgan fingerprint density at radius 3 is 2.70 bits per heavy atom. The Kier molecular flexibility index (Phi) is 5.52. The van der Waals surface area contributed by atoms with Gasteiger partial charge in [-0.05, 0) is 42.1 Å². The summed E-state index contributed by atoms with van der Waals surface area (Å²) in [7, 11) is -1.75. The molecule has 1 amide bonds. The molecule has 5 heteroatoms. The highest BCUT2D eigenvalue weighted by atomic mass is 28.4. The number of benzene rings is 1. The van der Waals surface area contributed by atoms with Gasteiger partial charge in [-0.1, -0.05) is 45.0 Å². The maximum absolute atomic E-state index is 12.0. The van der Waals surface area contributed by atoms with Gasteiger partial charge in [0.05, 0.1) is 6.61 Å². The lowest BCUT2D eigenvalue weighted by molar-refractivity contribution is 0.0968. The second-order valence-corrected chi connectivity index (χ2v) is 12.5. The molecule has 0 heterocycles. The Hall–Kier alpha value is -1.33. The Labute approximate surface area is 140 Å². The van der Waals surface area contributed by atoms with Crippen molar-refractivity contribution >= 4 is 14.4 Å². The number of alkyl carbamates (subject to hydrolysis) is 1. The molecular weight excluding hydrogens is 306 g/mol. The van der Waals surface area contributed by atoms with E-state index in [2.05, 4.69) is 45.2 Å². The van der Waals surface area contributed by atoms with Crippen LogP contribution in [0.25, 0.3) is 0 Å². The lowest BCUT2D eigenvalue weighted by Crippen LogP contribution is -2.42. The third-order valence-corrected chi connectivity index (χ3v) is 9.51. The van der Waals surface area contributed by atoms with Gasteiger partial charge in [0.2, 0.25) is 0 Å². The summed E-state index contributed by atoms with van der Waals surface area (Å²) in [4.78, 5) is 12.0. The van der Waals surface area contributed by atoms with Gasteiger partial charge in [0.15, 0.2) is 8.32 Å². The summed E-state index contributed by atoms with van der Waals surface area (Å²) in [5.41, 5.74) is 2.42. The van der Waals surface area contributed by atoms with Crippen molar-refractivity contribution in [2.75, 3.05) is 13.2 Å². The molecule has 0 aliphatic heterocycles. The topological polar surface area (TPSA) is 47.6 Å². The van der Waals surface area contributed by atoms with E-state index in [1.54, 1.807) is 0 Å². The van der Waals surface area contributed by atoms with Crippen LogP contribution < -0.4 is 5.32 Å². The molecule has 2 rings (SSSR count). The third kappa shape index (κ3) is 4.58. The SMILES string of the molecule is CC(C)(C)[Si](C)(C)OCCNC(=O)OC1CCc2ccccc21. The van der Waals surface area contributed by atoms with Gasteiger partial charge in [0.1, 0.15) is 6.10 Å². The first-order valence-electron chi connectivity index (χ1n) is 8.37. The summed E-state index contributed by atoms with van der Waals surface area (Å²) in [5, 5.41) is 2.98. The van der Waals surface area contributed by atoms with Gasteiger partial charge in [0, 0.05) is 6.54 Å². The van der Waals surface area contributed by atoms with Crippen LogP contribution >= 0.6 is 0 Å². The lowest BCUT2D eigenvalue weighted by Gasteiger charge is -2.36. The van der Waals surface area contributed by atoms with Crippen molar-refractivity contribution in [1.82, 2.24) is 5.32 Å². The molecule has 0 spiro atoms. The van der Waals surface area contributed by atoms with Crippen LogP contribution in [0.4, 0.5) is 4.79 Å². The number of aryl methyl sites for hydroxylation is 1. The minimum absolute atomic E-state index is 0.118. The van der Waals surface area contributed by atoms with Crippen LogP contribution in [0.2, 0.25) is 18.1 Å². The van der Waals surface area contributed by atoms with Crippen molar-refractivity contribution < 1.29 is 14.0 Å². The van der Waals surface area contributed by atoms with Gasteiger partial charge in [-0.3, -0.25) is 0 Å². The fourth-order valence-corrected chi connectivity index (χ4v) is 3.53. The highest BCUT2D eigenvalue weighted by molar-refractivity contribution is 6.74. The molecule has 0 fully saturated rings. The van der Waals surface area contributed by atoms with Crippen molar-refractivity contribution in [1.29, 1.82) is 0 Å². The van der Waals surface area contributed by atoms with Crippen molar-refractivity contribution in [2.24, 2.45) is 0 Å². The van der Waals surface area contributed by atoms with Crippen LogP contribution in [0.3, 0.4) is 0 Å². The van der Waals surface area contributed by atoms with E-state index in [-0.39, 0.29) is 17.2 Å². The van der Waals surface area contributed by atoms with E-state index in [1.807, 2.05) is 18.2 Å². The average molecular weight is 336 g/mol. The zero-order valence-electron chi connectivity index (χ0n) is 14.9. The standard InChI is InChI=1S/C18H29NO3Si/c1-18(2,3)23(4,5)21-13-12-19-17(20)22-16-11-10-14-8-6-7-9-15(14)16/h6-9,16H,10-13H2,1-5H3,(H,19,20). The fourth-order valence-electron chi connectivity index (χ4n) is 2.49. The third-order valence-electron chi connectivity index (χ3n) is 4.97. The molecule has 1 aromatic carbocycles. The summed E-state index contributed by atoms with van der Waals surface area (Å²) in [5.74, 6) is 0. The Morgan fingerprint density at radius 2 is 2.00 bits per heavy atom. The van der Waals surface area contributed by atoms with Crippen LogP contribution in [0.5, 0.6) is 0 Å². The molecule has 0 saturated heterocycles. The maximum Gasteiger partial charge on any atom is 0.407 e. The highest BCUT2D eigenvalue weighted by Crippen LogP contribution is 2.36. The van der Waals surface area contributed by atoms with Crippen LogP contribution in [0.1, 0.15) is 44.4 Å². The Bertz CT molecular complexity index is 551. The molecule has 4 nitrogen and oxygen atoms in total. The summed E-state index contributed by atoms with van der Waals surface area (Å²) in [6.45, 7) is 12.1. The summed E-state index contributed by atoms with van der Waals surface area (Å²) in [6, 6.07) is 8.16. The minimum Gasteiger partial charge on any atom is -0.441 e. The summed E-state index contributed by atoms with van der Waals surface area (Å²) < 4.78 is 11.6. The van der Waals surface area contributed by atoms with Crippen molar-refractivity contribution in [3.8, 4) is 0 Å². The zero-order chi connectivity index (χ0) is 17.1. The van der Waals surface area contributed by atoms with E-state index < -0.39 is 8.32 Å². The number of amides is 1. The largest absolute Gasteiger partial charge is 0.441 e. The number of hydrogen-bond donors (Lipinski definition) is 1. The first kappa shape index (κ1) is 18.0. The first-order chi connectivity index (χ1) is 10.7. The number of carbonyl (C=O) groups excluding carboxylic acids is 1. The number of nitrogens with one attached hydrogen (secondary N) is 1. The summed E-state index contributed by atoms with van der Waals surface area (Å²) >= 11 is 0. The molecule has 128 valence electrons. The van der Waals surface area contributed by atoms with Gasteiger partial charge in [0.25, 0.3) is 0 Å². The molecule has 0 aromatic heterocycles. The molecule has 1 aliphatic rings. The van der Waals surface area contributed by atoms with Crippen molar-refractivity contribution in [2.45, 2.75) is 57.8 Å². The molecule has 0 saturated carbocycles. The van der Waals surface area contributed by atoms with Gasteiger partial charge in [-0.2, -0.15) is 0 Å². The highest BCUT2D eigenvalue weighted by Gasteiger charge is 2.36. The molecule has 0 bridgehead atoms. The lowest BCUT2D eigenvalue weighted by atomic mass is 10.1. The van der Waals surface area contributed by atoms with Crippen molar-refractivity contribution in [3.05, 3.63) is 35.4 Å². The zero-order valence-corrected chi connectivity index (χ0v) is 15.9. The molecule has 0 radical (unpaired) electrons. The smallest absolute Gasteiger partial charge is 0.407 e. The average Bonchev–Trinajstić information content (AvgIpc) is 2.86. The van der Waals surface area contributed by atoms with Crippen LogP contribution in [0.15, 0.2) is 24.3 Å². The molecule has 1 aromatic rings. The predicted octanol–water partition coefficient (Wildman–Crippen LogP) is 4.42. The number of hydrogen-bond acceptors (Lipinski definition) is 3. The Balaban J connectivity index is 1.73. The molecule has 1 aliphatic carbocycles. The van der Waals surface area contributed by atoms with Crippen molar-refractivity contribution in [3.63, 3.8) is 0 Å². The molecule has 1 unspecified atom stereocenters. The number of ether oxygens (including phenoxy) is 1. The van der Waals surface area contributed by atoms with Crippen LogP contribution in [-0.2, 0) is 15.6 Å². The van der Waals surface area contributed by atoms with E-state index >= 15 is 0 Å². The molecule has 23 heavy (non-hydrogen) atoms. The first-order valence-corrected chi connectivity index (χ1v) is 11.3. The van der Waals surface area contributed by atoms with Gasteiger partial charge < -0.3 is 14.5 Å². The van der Waals surface area contributed by atoms with Gasteiger partial charge >= 0.3 is 6.09 Å². The fraction of sp³-hybridized carbons (Fsp3) is 0.611. The quantitative estimate of drug-likeness (QED) is 0.640. The van der Waals surface area contributed by atoms with Gasteiger partial charge in [-0.25, -0.2) is 4.79 Å². The molecule has 1 N–H and O–H groups in total. The van der Waals surface area contributed by atoms with Gasteiger partial charge in [-0.15, -0.1) is 0 Å². The van der Waals surface area contributed by atoms with E-state index in [9.17, 15) is 4.79 Å². The molecular formula is C18H29NO3Si. The number of rotatable bonds is 5. The van der Waals surface area contributed by atoms with Crippen LogP contribution in [0, 0.1) is 0 Å². The van der Waals surface area contributed by atoms with Crippen LogP contribution in [-0.4, -0.2) is 27.6 Å². The summed E-state index contributed by atoms with van der Waals surface area (Å²) in [6.07, 6.45) is 1.37. The number of carbonyl (C=O) groups is 1. The number of fused-ring (bicyclic) bond motifs is 1. The maximum atomic E-state index is 12.0. The predicted molar refractivity (Wildman–Crippen MR) is 95.1 cm³/mol.